The summed E-state index contributed by atoms with van der Waals surface area (Å²) in [5, 5.41) is 2.69. The number of hydrogen-bond acceptors (Lipinski definition) is 3. The van der Waals surface area contributed by atoms with E-state index < -0.39 is 0 Å². The van der Waals surface area contributed by atoms with Crippen molar-refractivity contribution in [2.45, 2.75) is 17.7 Å². The zero-order valence-electron chi connectivity index (χ0n) is 10.5. The van der Waals surface area contributed by atoms with Gasteiger partial charge < -0.3 is 4.90 Å². The zero-order valence-corrected chi connectivity index (χ0v) is 11.3. The molecule has 0 radical (unpaired) electrons. The number of likely N-dealkylation sites (tertiary alicyclic amines) is 1. The topological polar surface area (TPSA) is 33.2 Å². The Balaban J connectivity index is 1.76. The highest BCUT2D eigenvalue weighted by Gasteiger charge is 2.41. The van der Waals surface area contributed by atoms with Crippen molar-refractivity contribution in [1.82, 2.24) is 9.88 Å². The number of nitrogens with zero attached hydrogens (tertiary/aromatic N) is 2. The first-order valence-electron chi connectivity index (χ1n) is 6.59. The van der Waals surface area contributed by atoms with Crippen molar-refractivity contribution in [2.75, 3.05) is 12.3 Å². The van der Waals surface area contributed by atoms with Crippen LogP contribution in [-0.4, -0.2) is 39.4 Å². The number of benzene rings is 1. The fraction of sp³-hybridized carbons (Fsp3) is 0.333. The first-order chi connectivity index (χ1) is 9.33. The molecule has 4 heteroatoms. The normalized spacial score (nSPS) is 25.2. The van der Waals surface area contributed by atoms with Crippen molar-refractivity contribution in [1.29, 1.82) is 0 Å². The number of fused-ring (bicyclic) bond motifs is 3. The van der Waals surface area contributed by atoms with Crippen molar-refractivity contribution in [2.24, 2.45) is 0 Å². The van der Waals surface area contributed by atoms with Crippen LogP contribution in [0.2, 0.25) is 0 Å². The largest absolute Gasteiger partial charge is 0.332 e. The van der Waals surface area contributed by atoms with Crippen molar-refractivity contribution >= 4 is 28.4 Å². The van der Waals surface area contributed by atoms with Gasteiger partial charge in [0.2, 0.25) is 0 Å². The van der Waals surface area contributed by atoms with Gasteiger partial charge in [-0.15, -0.1) is 0 Å². The Hall–Kier alpha value is -1.55. The third kappa shape index (κ3) is 1.74. The second-order valence-corrected chi connectivity index (χ2v) is 6.52. The molecule has 2 bridgehead atoms. The van der Waals surface area contributed by atoms with Gasteiger partial charge in [0.1, 0.15) is 5.69 Å². The Morgan fingerprint density at radius 3 is 3.00 bits per heavy atom. The van der Waals surface area contributed by atoms with E-state index in [0.29, 0.717) is 17.0 Å². The third-order valence-electron chi connectivity index (χ3n) is 4.04. The molecule has 2 atom stereocenters. The fourth-order valence-corrected chi connectivity index (χ4v) is 4.51. The molecule has 2 aliphatic heterocycles. The molecule has 0 N–H and O–H groups in total. The maximum Gasteiger partial charge on any atom is 0.273 e. The molecular weight excluding hydrogens is 256 g/mol. The van der Waals surface area contributed by atoms with E-state index in [9.17, 15) is 4.79 Å². The predicted octanol–water partition coefficient (Wildman–Crippen LogP) is 2.56. The van der Waals surface area contributed by atoms with Crippen LogP contribution in [0.3, 0.4) is 0 Å². The molecule has 96 valence electrons. The SMILES string of the molecule is O=C(c1nccc2ccccc12)N1CC2CC1CS2. The molecule has 2 saturated heterocycles. The van der Waals surface area contributed by atoms with Crippen LogP contribution in [0.1, 0.15) is 16.9 Å². The third-order valence-corrected chi connectivity index (χ3v) is 5.43. The average molecular weight is 270 g/mol. The average Bonchev–Trinajstić information content (AvgIpc) is 3.08. The van der Waals surface area contributed by atoms with Gasteiger partial charge in [0.15, 0.2) is 0 Å². The molecule has 2 unspecified atom stereocenters. The Morgan fingerprint density at radius 2 is 2.21 bits per heavy atom. The molecule has 1 aromatic carbocycles. The number of rotatable bonds is 1. The molecule has 1 aromatic heterocycles. The molecule has 2 aromatic rings. The molecule has 2 aliphatic rings. The van der Waals surface area contributed by atoms with E-state index in [2.05, 4.69) is 4.98 Å². The van der Waals surface area contributed by atoms with E-state index in [1.165, 1.54) is 0 Å². The number of pyridine rings is 1. The number of hydrogen-bond donors (Lipinski definition) is 0. The van der Waals surface area contributed by atoms with Gasteiger partial charge >= 0.3 is 0 Å². The second kappa shape index (κ2) is 4.23. The number of aromatic nitrogens is 1. The Labute approximate surface area is 116 Å². The van der Waals surface area contributed by atoms with E-state index in [-0.39, 0.29) is 5.91 Å². The summed E-state index contributed by atoms with van der Waals surface area (Å²) in [7, 11) is 0. The standard InChI is InChI=1S/C15H14N2OS/c18-15(17-8-12-7-11(17)9-19-12)14-13-4-2-1-3-10(13)5-6-16-14/h1-6,11-12H,7-9H2. The molecule has 3 nitrogen and oxygen atoms in total. The molecule has 0 saturated carbocycles. The highest BCUT2D eigenvalue weighted by atomic mass is 32.2. The van der Waals surface area contributed by atoms with Crippen molar-refractivity contribution < 1.29 is 4.79 Å². The first kappa shape index (κ1) is 11.3. The fourth-order valence-electron chi connectivity index (χ4n) is 3.07. The van der Waals surface area contributed by atoms with Gasteiger partial charge in [-0.2, -0.15) is 11.8 Å². The van der Waals surface area contributed by atoms with Crippen molar-refractivity contribution in [3.8, 4) is 0 Å². The summed E-state index contributed by atoms with van der Waals surface area (Å²) >= 11 is 2.00. The van der Waals surface area contributed by atoms with Crippen LogP contribution < -0.4 is 0 Å². The summed E-state index contributed by atoms with van der Waals surface area (Å²) in [6, 6.07) is 10.3. The minimum absolute atomic E-state index is 0.101. The van der Waals surface area contributed by atoms with Crippen LogP contribution in [0.25, 0.3) is 10.8 Å². The van der Waals surface area contributed by atoms with Crippen LogP contribution >= 0.6 is 11.8 Å². The molecule has 1 amide bonds. The lowest BCUT2D eigenvalue weighted by Crippen LogP contribution is -2.39. The maximum atomic E-state index is 12.7. The molecule has 4 rings (SSSR count). The van der Waals surface area contributed by atoms with Gasteiger partial charge in [-0.3, -0.25) is 9.78 Å². The van der Waals surface area contributed by atoms with Gasteiger partial charge in [0, 0.05) is 35.2 Å². The van der Waals surface area contributed by atoms with Crippen LogP contribution in [-0.2, 0) is 0 Å². The molecule has 3 heterocycles. The molecular formula is C15H14N2OS. The summed E-state index contributed by atoms with van der Waals surface area (Å²) in [5.74, 6) is 1.19. The van der Waals surface area contributed by atoms with E-state index >= 15 is 0 Å². The smallest absolute Gasteiger partial charge is 0.273 e. The maximum absolute atomic E-state index is 12.7. The van der Waals surface area contributed by atoms with E-state index in [1.54, 1.807) is 6.20 Å². The van der Waals surface area contributed by atoms with Crippen molar-refractivity contribution in [3.05, 3.63) is 42.2 Å². The summed E-state index contributed by atoms with van der Waals surface area (Å²) in [6.07, 6.45) is 2.89. The van der Waals surface area contributed by atoms with Crippen molar-refractivity contribution in [3.63, 3.8) is 0 Å². The summed E-state index contributed by atoms with van der Waals surface area (Å²) in [5.41, 5.74) is 0.607. The van der Waals surface area contributed by atoms with E-state index in [4.69, 9.17) is 0 Å². The van der Waals surface area contributed by atoms with Gasteiger partial charge in [-0.1, -0.05) is 24.3 Å². The predicted molar refractivity (Wildman–Crippen MR) is 77.4 cm³/mol. The lowest BCUT2D eigenvalue weighted by Gasteiger charge is -2.26. The van der Waals surface area contributed by atoms with Crippen LogP contribution in [0, 0.1) is 0 Å². The lowest BCUT2D eigenvalue weighted by molar-refractivity contribution is 0.0744. The Bertz CT molecular complexity index is 652. The monoisotopic (exact) mass is 270 g/mol. The highest BCUT2D eigenvalue weighted by Crippen LogP contribution is 2.38. The van der Waals surface area contributed by atoms with Crippen LogP contribution in [0.15, 0.2) is 36.5 Å². The number of carbonyl (C=O) groups excluding carboxylic acids is 1. The number of carbonyl (C=O) groups is 1. The minimum Gasteiger partial charge on any atom is -0.332 e. The highest BCUT2D eigenvalue weighted by molar-refractivity contribution is 8.00. The first-order valence-corrected chi connectivity index (χ1v) is 7.64. The summed E-state index contributed by atoms with van der Waals surface area (Å²) < 4.78 is 0. The molecule has 19 heavy (non-hydrogen) atoms. The molecule has 0 aliphatic carbocycles. The Kier molecular flexibility index (Phi) is 2.52. The second-order valence-electron chi connectivity index (χ2n) is 5.18. The van der Waals surface area contributed by atoms with Gasteiger partial charge in [0.25, 0.3) is 5.91 Å². The zero-order chi connectivity index (χ0) is 12.8. The van der Waals surface area contributed by atoms with Crippen LogP contribution in [0.4, 0.5) is 0 Å². The van der Waals surface area contributed by atoms with Gasteiger partial charge in [0.05, 0.1) is 0 Å². The lowest BCUT2D eigenvalue weighted by atomic mass is 10.1. The number of amides is 1. The molecule has 0 spiro atoms. The van der Waals surface area contributed by atoms with Gasteiger partial charge in [-0.25, -0.2) is 0 Å². The quantitative estimate of drug-likeness (QED) is 0.798. The minimum atomic E-state index is 0.101. The number of thioether (sulfide) groups is 1. The summed E-state index contributed by atoms with van der Waals surface area (Å²) in [4.78, 5) is 19.1. The van der Waals surface area contributed by atoms with E-state index in [0.717, 1.165) is 29.5 Å². The van der Waals surface area contributed by atoms with Crippen LogP contribution in [0.5, 0.6) is 0 Å². The van der Waals surface area contributed by atoms with E-state index in [1.807, 2.05) is 47.0 Å². The summed E-state index contributed by atoms with van der Waals surface area (Å²) in [6.45, 7) is 0.888. The molecule has 2 fully saturated rings. The Morgan fingerprint density at radius 1 is 1.32 bits per heavy atom. The van der Waals surface area contributed by atoms with Gasteiger partial charge in [-0.05, 0) is 17.9 Å².